The van der Waals surface area contributed by atoms with Crippen LogP contribution in [0.15, 0.2) is 40.2 Å². The Bertz CT molecular complexity index is 845. The lowest BCUT2D eigenvalue weighted by Gasteiger charge is -2.38. The number of aromatic hydroxyl groups is 1. The van der Waals surface area contributed by atoms with Gasteiger partial charge in [-0.25, -0.2) is 0 Å². The lowest BCUT2D eigenvalue weighted by Crippen LogP contribution is -2.41. The summed E-state index contributed by atoms with van der Waals surface area (Å²) in [4.78, 5) is 25.5. The highest BCUT2D eigenvalue weighted by atomic mass is 79.9. The van der Waals surface area contributed by atoms with Crippen molar-refractivity contribution in [1.29, 1.82) is 0 Å². The van der Waals surface area contributed by atoms with Crippen LogP contribution in [-0.2, 0) is 14.3 Å². The molecule has 0 radical (unpaired) electrons. The van der Waals surface area contributed by atoms with Crippen molar-refractivity contribution in [1.82, 2.24) is 5.32 Å². The van der Waals surface area contributed by atoms with E-state index in [9.17, 15) is 14.7 Å². The molecule has 0 amide bonds. The molecular weight excluding hydrogens is 414 g/mol. The number of carbonyl (C=O) groups excluding carboxylic acids is 2. The first-order valence-corrected chi connectivity index (χ1v) is 9.63. The SMILES string of the molecule is C=C1NC2=C(C(=O)CCC2)C(c2cc(Br)c(O)c(OC)c2)C1C(=O)OCC. The molecule has 2 N–H and O–H groups in total. The maximum atomic E-state index is 12.8. The number of rotatable bonds is 4. The fraction of sp³-hybridized carbons (Fsp3) is 0.400. The molecule has 1 aliphatic heterocycles. The van der Waals surface area contributed by atoms with Crippen LogP contribution in [0.1, 0.15) is 37.7 Å². The Kier molecular flexibility index (Phi) is 5.60. The number of hydrogen-bond donors (Lipinski definition) is 2. The van der Waals surface area contributed by atoms with Crippen LogP contribution >= 0.6 is 15.9 Å². The van der Waals surface area contributed by atoms with E-state index in [0.717, 1.165) is 18.5 Å². The Morgan fingerprint density at radius 1 is 1.41 bits per heavy atom. The van der Waals surface area contributed by atoms with Crippen molar-refractivity contribution in [3.63, 3.8) is 0 Å². The third-order valence-corrected chi connectivity index (χ3v) is 5.56. The fourth-order valence-electron chi connectivity index (χ4n) is 3.79. The average molecular weight is 436 g/mol. The van der Waals surface area contributed by atoms with Gasteiger partial charge in [0.25, 0.3) is 0 Å². The van der Waals surface area contributed by atoms with Gasteiger partial charge in [0.1, 0.15) is 5.92 Å². The van der Waals surface area contributed by atoms with Gasteiger partial charge in [-0.1, -0.05) is 6.58 Å². The van der Waals surface area contributed by atoms with Gasteiger partial charge in [-0.15, -0.1) is 0 Å². The third kappa shape index (κ3) is 3.48. The number of allylic oxidation sites excluding steroid dienone is 2. The monoisotopic (exact) mass is 435 g/mol. The summed E-state index contributed by atoms with van der Waals surface area (Å²) < 4.78 is 10.9. The second-order valence-electron chi connectivity index (χ2n) is 6.58. The molecule has 0 saturated carbocycles. The third-order valence-electron chi connectivity index (χ3n) is 4.96. The van der Waals surface area contributed by atoms with Gasteiger partial charge in [0, 0.05) is 29.3 Å². The number of benzene rings is 1. The lowest BCUT2D eigenvalue weighted by molar-refractivity contribution is -0.147. The van der Waals surface area contributed by atoms with E-state index in [1.54, 1.807) is 19.1 Å². The first-order chi connectivity index (χ1) is 12.9. The number of carbonyl (C=O) groups is 2. The maximum Gasteiger partial charge on any atom is 0.315 e. The number of phenolic OH excluding ortho intramolecular Hbond substituents is 1. The van der Waals surface area contributed by atoms with Gasteiger partial charge in [0.15, 0.2) is 17.3 Å². The number of nitrogens with one attached hydrogen (secondary N) is 1. The first-order valence-electron chi connectivity index (χ1n) is 8.84. The molecule has 6 nitrogen and oxygen atoms in total. The normalized spacial score (nSPS) is 22.2. The Hall–Kier alpha value is -2.28. The second-order valence-corrected chi connectivity index (χ2v) is 7.43. The van der Waals surface area contributed by atoms with E-state index in [2.05, 4.69) is 27.8 Å². The summed E-state index contributed by atoms with van der Waals surface area (Å²) in [6.45, 7) is 6.00. The molecule has 1 aliphatic carbocycles. The van der Waals surface area contributed by atoms with Crippen LogP contribution in [0.5, 0.6) is 11.5 Å². The molecule has 0 saturated heterocycles. The number of halogens is 1. The van der Waals surface area contributed by atoms with E-state index >= 15 is 0 Å². The zero-order valence-corrected chi connectivity index (χ0v) is 16.9. The molecule has 2 aliphatic rings. The summed E-state index contributed by atoms with van der Waals surface area (Å²) in [5, 5.41) is 13.3. The lowest BCUT2D eigenvalue weighted by atomic mass is 9.71. The maximum absolute atomic E-state index is 12.8. The van der Waals surface area contributed by atoms with Crippen molar-refractivity contribution < 1.29 is 24.2 Å². The number of phenols is 1. The fourth-order valence-corrected chi connectivity index (χ4v) is 4.25. The standard InChI is InChI=1S/C20H22BrNO5/c1-4-27-20(25)16-10(2)22-13-6-5-7-14(23)18(13)17(16)11-8-12(21)19(24)15(9-11)26-3/h8-9,16-17,22,24H,2,4-7H2,1,3H3. The highest BCUT2D eigenvalue weighted by Gasteiger charge is 2.44. The number of ketones is 1. The first kappa shape index (κ1) is 19.5. The van der Waals surface area contributed by atoms with Gasteiger partial charge < -0.3 is 19.9 Å². The van der Waals surface area contributed by atoms with Crippen LogP contribution in [0.4, 0.5) is 0 Å². The summed E-state index contributed by atoms with van der Waals surface area (Å²) in [7, 11) is 1.45. The Morgan fingerprint density at radius 2 is 2.15 bits per heavy atom. The van der Waals surface area contributed by atoms with Gasteiger partial charge in [-0.2, -0.15) is 0 Å². The molecule has 3 rings (SSSR count). The van der Waals surface area contributed by atoms with Gasteiger partial charge >= 0.3 is 5.97 Å². The molecule has 0 bridgehead atoms. The van der Waals surface area contributed by atoms with E-state index < -0.39 is 17.8 Å². The van der Waals surface area contributed by atoms with E-state index in [0.29, 0.717) is 27.7 Å². The average Bonchev–Trinajstić information content (AvgIpc) is 2.63. The molecule has 1 aromatic carbocycles. The summed E-state index contributed by atoms with van der Waals surface area (Å²) in [5.41, 5.74) is 2.59. The summed E-state index contributed by atoms with van der Waals surface area (Å²) >= 11 is 3.33. The minimum atomic E-state index is -0.744. The highest BCUT2D eigenvalue weighted by molar-refractivity contribution is 9.10. The minimum Gasteiger partial charge on any atom is -0.503 e. The summed E-state index contributed by atoms with van der Waals surface area (Å²) in [6.07, 6.45) is 1.93. The van der Waals surface area contributed by atoms with Crippen molar-refractivity contribution >= 4 is 27.7 Å². The van der Waals surface area contributed by atoms with Crippen LogP contribution in [0.25, 0.3) is 0 Å². The number of methoxy groups -OCH3 is 1. The van der Waals surface area contributed by atoms with E-state index in [1.807, 2.05) is 0 Å². The number of ether oxygens (including phenoxy) is 2. The minimum absolute atomic E-state index is 0.0127. The molecule has 1 heterocycles. The molecule has 1 aromatic rings. The molecule has 27 heavy (non-hydrogen) atoms. The van der Waals surface area contributed by atoms with Crippen molar-refractivity contribution in [3.05, 3.63) is 45.7 Å². The molecule has 2 unspecified atom stereocenters. The zero-order valence-electron chi connectivity index (χ0n) is 15.3. The van der Waals surface area contributed by atoms with E-state index in [-0.39, 0.29) is 23.9 Å². The Morgan fingerprint density at radius 3 is 2.81 bits per heavy atom. The van der Waals surface area contributed by atoms with Crippen LogP contribution < -0.4 is 10.1 Å². The summed E-state index contributed by atoms with van der Waals surface area (Å²) in [5.74, 6) is -1.49. The number of esters is 1. The Labute approximate surface area is 166 Å². The van der Waals surface area contributed by atoms with Gasteiger partial charge in [-0.3, -0.25) is 9.59 Å². The van der Waals surface area contributed by atoms with Crippen molar-refractivity contribution in [2.45, 2.75) is 32.1 Å². The number of hydrogen-bond acceptors (Lipinski definition) is 6. The van der Waals surface area contributed by atoms with Crippen molar-refractivity contribution in [3.8, 4) is 11.5 Å². The quantitative estimate of drug-likeness (QED) is 0.703. The molecule has 2 atom stereocenters. The van der Waals surface area contributed by atoms with Crippen LogP contribution in [-0.4, -0.2) is 30.6 Å². The molecule has 144 valence electrons. The van der Waals surface area contributed by atoms with Crippen LogP contribution in [0.2, 0.25) is 0 Å². The van der Waals surface area contributed by atoms with Gasteiger partial charge in [0.2, 0.25) is 0 Å². The highest BCUT2D eigenvalue weighted by Crippen LogP contribution is 2.47. The zero-order chi connectivity index (χ0) is 19.7. The topological polar surface area (TPSA) is 84.9 Å². The smallest absolute Gasteiger partial charge is 0.315 e. The van der Waals surface area contributed by atoms with Gasteiger partial charge in [0.05, 0.1) is 18.2 Å². The Balaban J connectivity index is 2.21. The van der Waals surface area contributed by atoms with Crippen LogP contribution in [0.3, 0.4) is 0 Å². The van der Waals surface area contributed by atoms with Crippen molar-refractivity contribution in [2.24, 2.45) is 5.92 Å². The molecule has 7 heteroatoms. The second kappa shape index (κ2) is 7.76. The molecule has 0 fully saturated rings. The van der Waals surface area contributed by atoms with E-state index in [4.69, 9.17) is 9.47 Å². The number of Topliss-reactive ketones (excluding diaryl/α,β-unsaturated/α-hetero) is 1. The van der Waals surface area contributed by atoms with Gasteiger partial charge in [-0.05, 0) is 53.4 Å². The summed E-state index contributed by atoms with van der Waals surface area (Å²) in [6, 6.07) is 3.36. The predicted molar refractivity (Wildman–Crippen MR) is 103 cm³/mol. The molecular formula is C20H22BrNO5. The largest absolute Gasteiger partial charge is 0.503 e. The van der Waals surface area contributed by atoms with Crippen LogP contribution in [0, 0.1) is 5.92 Å². The molecule has 0 spiro atoms. The van der Waals surface area contributed by atoms with E-state index in [1.165, 1.54) is 7.11 Å². The molecule has 0 aromatic heterocycles. The predicted octanol–water partition coefficient (Wildman–Crippen LogP) is 3.55. The van der Waals surface area contributed by atoms with Crippen molar-refractivity contribution in [2.75, 3.05) is 13.7 Å².